The number of benzene rings is 1. The van der Waals surface area contributed by atoms with Crippen LogP contribution in [0, 0.1) is 13.8 Å². The number of nitrogens with zero attached hydrogens (tertiary/aromatic N) is 4. The van der Waals surface area contributed by atoms with E-state index in [-0.39, 0.29) is 11.2 Å². The number of nitrogens with one attached hydrogen (secondary N) is 1. The fourth-order valence-electron chi connectivity index (χ4n) is 2.78. The predicted molar refractivity (Wildman–Crippen MR) is 113 cm³/mol. The summed E-state index contributed by atoms with van der Waals surface area (Å²) in [5.41, 5.74) is 3.90. The van der Waals surface area contributed by atoms with Gasteiger partial charge in [-0.05, 0) is 44.5 Å². The van der Waals surface area contributed by atoms with Crippen LogP contribution in [0.2, 0.25) is 0 Å². The number of hydrogen-bond donors (Lipinski definition) is 1. The van der Waals surface area contributed by atoms with Crippen LogP contribution in [0.1, 0.15) is 18.1 Å². The minimum Gasteiger partial charge on any atom is -0.325 e. The Morgan fingerprint density at radius 1 is 1.32 bits per heavy atom. The van der Waals surface area contributed by atoms with Crippen molar-refractivity contribution in [1.82, 2.24) is 19.7 Å². The van der Waals surface area contributed by atoms with Crippen LogP contribution in [0.4, 0.5) is 5.69 Å². The number of thioether (sulfide) groups is 1. The second kappa shape index (κ2) is 8.84. The Balaban J connectivity index is 1.78. The van der Waals surface area contributed by atoms with Gasteiger partial charge in [-0.2, -0.15) is 0 Å². The summed E-state index contributed by atoms with van der Waals surface area (Å²) in [7, 11) is 0. The van der Waals surface area contributed by atoms with Gasteiger partial charge in [0, 0.05) is 30.2 Å². The molecule has 1 N–H and O–H groups in total. The number of carbonyl (C=O) groups excluding carboxylic acids is 1. The molecule has 1 atom stereocenters. The molecule has 0 unspecified atom stereocenters. The summed E-state index contributed by atoms with van der Waals surface area (Å²) in [4.78, 5) is 16.8. The highest BCUT2D eigenvalue weighted by Crippen LogP contribution is 2.27. The maximum atomic E-state index is 12.7. The van der Waals surface area contributed by atoms with Crippen molar-refractivity contribution in [2.75, 3.05) is 5.32 Å². The van der Waals surface area contributed by atoms with Gasteiger partial charge < -0.3 is 5.32 Å². The van der Waals surface area contributed by atoms with E-state index < -0.39 is 0 Å². The van der Waals surface area contributed by atoms with Gasteiger partial charge in [-0.3, -0.25) is 14.3 Å². The maximum absolute atomic E-state index is 12.7. The molecule has 0 spiro atoms. The smallest absolute Gasteiger partial charge is 0.237 e. The van der Waals surface area contributed by atoms with E-state index in [1.54, 1.807) is 18.5 Å². The van der Waals surface area contributed by atoms with Crippen molar-refractivity contribution >= 4 is 23.4 Å². The molecule has 3 rings (SSSR count). The number of pyridine rings is 1. The fourth-order valence-corrected chi connectivity index (χ4v) is 3.64. The number of hydrogen-bond acceptors (Lipinski definition) is 5. The summed E-state index contributed by atoms with van der Waals surface area (Å²) in [5.74, 6) is 0.630. The average molecular weight is 394 g/mol. The second-order valence-electron chi connectivity index (χ2n) is 6.51. The van der Waals surface area contributed by atoms with E-state index in [2.05, 4.69) is 27.1 Å². The molecular formula is C21H23N5OS. The summed E-state index contributed by atoms with van der Waals surface area (Å²) >= 11 is 1.37. The van der Waals surface area contributed by atoms with Gasteiger partial charge in [0.2, 0.25) is 5.91 Å². The molecule has 0 saturated heterocycles. The van der Waals surface area contributed by atoms with Gasteiger partial charge in [0.1, 0.15) is 0 Å². The van der Waals surface area contributed by atoms with Crippen molar-refractivity contribution in [3.05, 3.63) is 66.5 Å². The van der Waals surface area contributed by atoms with Crippen molar-refractivity contribution in [3.63, 3.8) is 0 Å². The minimum atomic E-state index is -0.338. The third kappa shape index (κ3) is 4.48. The zero-order valence-electron chi connectivity index (χ0n) is 16.2. The molecule has 0 aliphatic rings. The molecule has 7 heteroatoms. The molecule has 1 amide bonds. The van der Waals surface area contributed by atoms with Gasteiger partial charge >= 0.3 is 0 Å². The first-order valence-electron chi connectivity index (χ1n) is 8.99. The largest absolute Gasteiger partial charge is 0.325 e. The van der Waals surface area contributed by atoms with Crippen molar-refractivity contribution in [2.24, 2.45) is 0 Å². The van der Waals surface area contributed by atoms with Crippen LogP contribution in [-0.4, -0.2) is 30.9 Å². The van der Waals surface area contributed by atoms with Gasteiger partial charge in [-0.15, -0.1) is 16.8 Å². The zero-order chi connectivity index (χ0) is 20.1. The molecule has 144 valence electrons. The number of aryl methyl sites for hydroxylation is 2. The number of anilines is 1. The van der Waals surface area contributed by atoms with Crippen LogP contribution in [0.5, 0.6) is 0 Å². The molecule has 0 aliphatic carbocycles. The summed E-state index contributed by atoms with van der Waals surface area (Å²) < 4.78 is 1.94. The summed E-state index contributed by atoms with van der Waals surface area (Å²) in [5, 5.41) is 11.9. The van der Waals surface area contributed by atoms with Crippen molar-refractivity contribution in [3.8, 4) is 11.4 Å². The van der Waals surface area contributed by atoms with E-state index in [9.17, 15) is 4.79 Å². The molecule has 0 aliphatic heterocycles. The maximum Gasteiger partial charge on any atom is 0.237 e. The molecule has 6 nitrogen and oxygen atoms in total. The highest BCUT2D eigenvalue weighted by atomic mass is 32.2. The van der Waals surface area contributed by atoms with E-state index in [1.165, 1.54) is 17.3 Å². The Hall–Kier alpha value is -2.93. The van der Waals surface area contributed by atoms with Crippen LogP contribution in [-0.2, 0) is 11.3 Å². The second-order valence-corrected chi connectivity index (χ2v) is 7.82. The fraction of sp³-hybridized carbons (Fsp3) is 0.238. The average Bonchev–Trinajstić information content (AvgIpc) is 3.07. The molecule has 0 saturated carbocycles. The van der Waals surface area contributed by atoms with Crippen molar-refractivity contribution in [1.29, 1.82) is 0 Å². The summed E-state index contributed by atoms with van der Waals surface area (Å²) in [6, 6.07) is 9.76. The number of amides is 1. The van der Waals surface area contributed by atoms with E-state index in [1.807, 2.05) is 55.7 Å². The van der Waals surface area contributed by atoms with Gasteiger partial charge in [0.25, 0.3) is 0 Å². The van der Waals surface area contributed by atoms with Gasteiger partial charge in [0.05, 0.1) is 5.25 Å². The predicted octanol–water partition coefficient (Wildman–Crippen LogP) is 4.26. The highest BCUT2D eigenvalue weighted by molar-refractivity contribution is 8.00. The Morgan fingerprint density at radius 2 is 2.14 bits per heavy atom. The first-order valence-corrected chi connectivity index (χ1v) is 9.87. The SMILES string of the molecule is C=CCn1c(S[C@@H](C)C(=O)Nc2ccc(C)cc2C)nnc1-c1cccnc1. The Bertz CT molecular complexity index is 984. The zero-order valence-corrected chi connectivity index (χ0v) is 17.0. The molecule has 28 heavy (non-hydrogen) atoms. The van der Waals surface area contributed by atoms with Crippen molar-refractivity contribution < 1.29 is 4.79 Å². The first kappa shape index (κ1) is 19.8. The molecular weight excluding hydrogens is 370 g/mol. The lowest BCUT2D eigenvalue weighted by atomic mass is 10.1. The Morgan fingerprint density at radius 3 is 2.82 bits per heavy atom. The quantitative estimate of drug-likeness (QED) is 0.480. The lowest BCUT2D eigenvalue weighted by Crippen LogP contribution is -2.23. The Kier molecular flexibility index (Phi) is 6.26. The third-order valence-electron chi connectivity index (χ3n) is 4.24. The minimum absolute atomic E-state index is 0.0759. The number of allylic oxidation sites excluding steroid dienone is 1. The van der Waals surface area contributed by atoms with Crippen LogP contribution < -0.4 is 5.32 Å². The lowest BCUT2D eigenvalue weighted by Gasteiger charge is -2.14. The van der Waals surface area contributed by atoms with E-state index in [4.69, 9.17) is 0 Å². The van der Waals surface area contributed by atoms with Gasteiger partial charge in [-0.1, -0.05) is 35.5 Å². The number of aromatic nitrogens is 4. The van der Waals surface area contributed by atoms with Crippen LogP contribution in [0.15, 0.2) is 60.5 Å². The molecule has 0 bridgehead atoms. The van der Waals surface area contributed by atoms with Crippen LogP contribution in [0.25, 0.3) is 11.4 Å². The van der Waals surface area contributed by atoms with E-state index in [0.29, 0.717) is 17.5 Å². The van der Waals surface area contributed by atoms with Crippen LogP contribution in [0.3, 0.4) is 0 Å². The summed E-state index contributed by atoms with van der Waals surface area (Å²) in [6.07, 6.45) is 5.24. The normalized spacial score (nSPS) is 11.8. The third-order valence-corrected chi connectivity index (χ3v) is 5.32. The van der Waals surface area contributed by atoms with Gasteiger partial charge in [-0.25, -0.2) is 0 Å². The van der Waals surface area contributed by atoms with Gasteiger partial charge in [0.15, 0.2) is 11.0 Å². The van der Waals surface area contributed by atoms with E-state index >= 15 is 0 Å². The Labute approximate surface area is 169 Å². The topological polar surface area (TPSA) is 72.7 Å². The first-order chi connectivity index (χ1) is 13.5. The number of rotatable bonds is 7. The molecule has 3 aromatic rings. The number of carbonyl (C=O) groups is 1. The monoisotopic (exact) mass is 393 g/mol. The molecule has 2 aromatic heterocycles. The lowest BCUT2D eigenvalue weighted by molar-refractivity contribution is -0.115. The molecule has 1 aromatic carbocycles. The summed E-state index contributed by atoms with van der Waals surface area (Å²) in [6.45, 7) is 10.2. The molecule has 0 radical (unpaired) electrons. The van der Waals surface area contributed by atoms with Crippen LogP contribution >= 0.6 is 11.8 Å². The highest BCUT2D eigenvalue weighted by Gasteiger charge is 2.21. The molecule has 0 fully saturated rings. The standard InChI is InChI=1S/C21H23N5OS/c1-5-11-26-19(17-7-6-10-22-13-17)24-25-21(26)28-16(4)20(27)23-18-9-8-14(2)12-15(18)3/h5-10,12-13,16H,1,11H2,2-4H3,(H,23,27)/t16-/m0/s1. The molecule has 2 heterocycles. The van der Waals surface area contributed by atoms with Crippen molar-refractivity contribution in [2.45, 2.75) is 37.7 Å². The van der Waals surface area contributed by atoms with E-state index in [0.717, 1.165) is 16.8 Å².